The van der Waals surface area contributed by atoms with Crippen LogP contribution in [0, 0.1) is 0 Å². The van der Waals surface area contributed by atoms with Crippen molar-refractivity contribution in [1.82, 2.24) is 0 Å². The Balaban J connectivity index is 1.93. The molecule has 0 spiro atoms. The fourth-order valence-electron chi connectivity index (χ4n) is 2.39. The summed E-state index contributed by atoms with van der Waals surface area (Å²) in [6.45, 7) is 0. The van der Waals surface area contributed by atoms with Gasteiger partial charge in [0.05, 0.1) is 5.69 Å². The molecule has 0 unspecified atom stereocenters. The first-order chi connectivity index (χ1) is 11.5. The topological polar surface area (TPSA) is 105 Å². The summed E-state index contributed by atoms with van der Waals surface area (Å²) >= 11 is 0. The first kappa shape index (κ1) is 15.5. The molecule has 0 bridgehead atoms. The maximum atomic E-state index is 12.3. The number of nitrogens with one attached hydrogen (secondary N) is 1. The van der Waals surface area contributed by atoms with Gasteiger partial charge in [-0.1, -0.05) is 24.3 Å². The number of hydrogen-bond acceptors (Lipinski definition) is 4. The van der Waals surface area contributed by atoms with Crippen LogP contribution in [0.5, 0.6) is 0 Å². The predicted octanol–water partition coefficient (Wildman–Crippen LogP) is 2.80. The number of amidine groups is 1. The highest BCUT2D eigenvalue weighted by atomic mass is 16.4. The number of aliphatic carboxylic acids is 1. The van der Waals surface area contributed by atoms with Gasteiger partial charge in [0, 0.05) is 28.8 Å². The van der Waals surface area contributed by atoms with Gasteiger partial charge in [0.2, 0.25) is 0 Å². The zero-order chi connectivity index (χ0) is 17.1. The van der Waals surface area contributed by atoms with Crippen LogP contribution in [0.2, 0.25) is 0 Å². The van der Waals surface area contributed by atoms with Gasteiger partial charge in [-0.3, -0.25) is 4.79 Å². The van der Waals surface area contributed by atoms with E-state index in [9.17, 15) is 14.7 Å². The summed E-state index contributed by atoms with van der Waals surface area (Å²) in [5.74, 6) is -1.11. The Morgan fingerprint density at radius 3 is 2.58 bits per heavy atom. The fourth-order valence-corrected chi connectivity index (χ4v) is 2.39. The second-order valence-electron chi connectivity index (χ2n) is 5.35. The maximum absolute atomic E-state index is 12.3. The minimum Gasteiger partial charge on any atom is -0.478 e. The number of fused-ring (bicyclic) bond motifs is 1. The maximum Gasteiger partial charge on any atom is 0.332 e. The molecular formula is C18H15N3O3. The van der Waals surface area contributed by atoms with Crippen LogP contribution in [-0.4, -0.2) is 22.8 Å². The molecule has 120 valence electrons. The SMILES string of the molecule is NC1=Nc2cc(C(=O)Nc3ccccc3)ccc2C=C(C(=O)O)C1. The first-order valence-corrected chi connectivity index (χ1v) is 7.30. The van der Waals surface area contributed by atoms with Gasteiger partial charge in [-0.25, -0.2) is 9.79 Å². The summed E-state index contributed by atoms with van der Waals surface area (Å²) in [5, 5.41) is 12.0. The highest BCUT2D eigenvalue weighted by Gasteiger charge is 2.16. The standard InChI is InChI=1S/C18H15N3O3/c19-16-10-13(18(23)24)8-11-6-7-12(9-15(11)21-16)17(22)20-14-4-2-1-3-5-14/h1-9H,10H2,(H2,19,21)(H,20,22)(H,23,24). The van der Waals surface area contributed by atoms with E-state index >= 15 is 0 Å². The summed E-state index contributed by atoms with van der Waals surface area (Å²) in [5.41, 5.74) is 8.13. The average molecular weight is 321 g/mol. The zero-order valence-corrected chi connectivity index (χ0v) is 12.7. The number of nitrogens with two attached hydrogens (primary N) is 1. The minimum atomic E-state index is -1.04. The van der Waals surface area contributed by atoms with E-state index in [0.29, 0.717) is 22.5 Å². The number of carboxylic acids is 1. The van der Waals surface area contributed by atoms with Crippen molar-refractivity contribution >= 4 is 35.2 Å². The molecule has 1 aliphatic rings. The second kappa shape index (κ2) is 6.37. The van der Waals surface area contributed by atoms with Gasteiger partial charge in [0.25, 0.3) is 5.91 Å². The van der Waals surface area contributed by atoms with Gasteiger partial charge in [0.15, 0.2) is 0 Å². The third-order valence-electron chi connectivity index (χ3n) is 3.56. The molecule has 1 heterocycles. The lowest BCUT2D eigenvalue weighted by atomic mass is 10.1. The highest BCUT2D eigenvalue weighted by Crippen LogP contribution is 2.28. The van der Waals surface area contributed by atoms with Crippen molar-refractivity contribution in [3.8, 4) is 0 Å². The zero-order valence-electron chi connectivity index (χ0n) is 12.7. The van der Waals surface area contributed by atoms with E-state index in [2.05, 4.69) is 10.3 Å². The molecule has 0 radical (unpaired) electrons. The highest BCUT2D eigenvalue weighted by molar-refractivity contribution is 6.06. The van der Waals surface area contributed by atoms with Crippen molar-refractivity contribution in [1.29, 1.82) is 0 Å². The number of nitrogens with zero attached hydrogens (tertiary/aromatic N) is 1. The summed E-state index contributed by atoms with van der Waals surface area (Å²) in [4.78, 5) is 27.8. The van der Waals surface area contributed by atoms with Gasteiger partial charge < -0.3 is 16.2 Å². The minimum absolute atomic E-state index is 0.0650. The molecule has 0 saturated carbocycles. The lowest BCUT2D eigenvalue weighted by molar-refractivity contribution is -0.132. The summed E-state index contributed by atoms with van der Waals surface area (Å²) < 4.78 is 0. The van der Waals surface area contributed by atoms with Crippen molar-refractivity contribution in [2.24, 2.45) is 10.7 Å². The number of carbonyl (C=O) groups is 2. The molecular weight excluding hydrogens is 306 g/mol. The quantitative estimate of drug-likeness (QED) is 0.808. The van der Waals surface area contributed by atoms with E-state index in [1.165, 1.54) is 6.08 Å². The van der Waals surface area contributed by atoms with Crippen molar-refractivity contribution in [2.75, 3.05) is 5.32 Å². The second-order valence-corrected chi connectivity index (χ2v) is 5.35. The lowest BCUT2D eigenvalue weighted by Crippen LogP contribution is -2.14. The van der Waals surface area contributed by atoms with Crippen LogP contribution in [-0.2, 0) is 4.79 Å². The number of rotatable bonds is 3. The molecule has 1 aliphatic heterocycles. The van der Waals surface area contributed by atoms with Gasteiger partial charge in [0.1, 0.15) is 5.84 Å². The van der Waals surface area contributed by atoms with E-state index < -0.39 is 5.97 Å². The van der Waals surface area contributed by atoms with E-state index in [-0.39, 0.29) is 23.7 Å². The number of para-hydroxylation sites is 1. The Morgan fingerprint density at radius 1 is 1.12 bits per heavy atom. The summed E-state index contributed by atoms with van der Waals surface area (Å²) in [6.07, 6.45) is 1.59. The molecule has 2 aromatic carbocycles. The van der Waals surface area contributed by atoms with Crippen molar-refractivity contribution in [3.05, 3.63) is 65.2 Å². The monoisotopic (exact) mass is 321 g/mol. The Kier molecular flexibility index (Phi) is 4.11. The molecule has 3 rings (SSSR count). The molecule has 1 amide bonds. The predicted molar refractivity (Wildman–Crippen MR) is 92.3 cm³/mol. The number of carboxylic acid groups (broad SMARTS) is 1. The summed E-state index contributed by atoms with van der Waals surface area (Å²) in [7, 11) is 0. The van der Waals surface area contributed by atoms with E-state index in [1.807, 2.05) is 18.2 Å². The Hall–Kier alpha value is -3.41. The van der Waals surface area contributed by atoms with E-state index in [4.69, 9.17) is 5.73 Å². The van der Waals surface area contributed by atoms with E-state index in [0.717, 1.165) is 0 Å². The molecule has 6 heteroatoms. The Labute approximate surface area is 138 Å². The molecule has 0 saturated heterocycles. The molecule has 2 aromatic rings. The van der Waals surface area contributed by atoms with Crippen molar-refractivity contribution in [2.45, 2.75) is 6.42 Å². The first-order valence-electron chi connectivity index (χ1n) is 7.30. The van der Waals surface area contributed by atoms with Crippen LogP contribution >= 0.6 is 0 Å². The van der Waals surface area contributed by atoms with Crippen LogP contribution in [0.3, 0.4) is 0 Å². The normalized spacial score (nSPS) is 13.2. The third kappa shape index (κ3) is 3.33. The summed E-state index contributed by atoms with van der Waals surface area (Å²) in [6, 6.07) is 14.0. The van der Waals surface area contributed by atoms with Crippen LogP contribution < -0.4 is 11.1 Å². The number of amides is 1. The molecule has 0 fully saturated rings. The number of anilines is 1. The van der Waals surface area contributed by atoms with Crippen molar-refractivity contribution < 1.29 is 14.7 Å². The molecule has 6 nitrogen and oxygen atoms in total. The number of carbonyl (C=O) groups excluding carboxylic acids is 1. The molecule has 0 atom stereocenters. The smallest absolute Gasteiger partial charge is 0.332 e. The van der Waals surface area contributed by atoms with Crippen LogP contribution in [0.25, 0.3) is 6.08 Å². The molecule has 4 N–H and O–H groups in total. The van der Waals surface area contributed by atoms with Crippen molar-refractivity contribution in [3.63, 3.8) is 0 Å². The average Bonchev–Trinajstić information content (AvgIpc) is 2.73. The lowest BCUT2D eigenvalue weighted by Gasteiger charge is -2.07. The largest absolute Gasteiger partial charge is 0.478 e. The Bertz CT molecular complexity index is 870. The van der Waals surface area contributed by atoms with Gasteiger partial charge in [-0.15, -0.1) is 0 Å². The Morgan fingerprint density at radius 2 is 1.88 bits per heavy atom. The van der Waals surface area contributed by atoms with E-state index in [1.54, 1.807) is 30.3 Å². The van der Waals surface area contributed by atoms with Crippen LogP contribution in [0.1, 0.15) is 22.3 Å². The third-order valence-corrected chi connectivity index (χ3v) is 3.56. The number of aliphatic imine (C=N–C) groups is 1. The van der Waals surface area contributed by atoms with Gasteiger partial charge in [-0.05, 0) is 30.3 Å². The molecule has 0 aliphatic carbocycles. The van der Waals surface area contributed by atoms with Crippen LogP contribution in [0.15, 0.2) is 59.1 Å². The molecule has 24 heavy (non-hydrogen) atoms. The number of benzene rings is 2. The van der Waals surface area contributed by atoms with Gasteiger partial charge >= 0.3 is 5.97 Å². The number of hydrogen-bond donors (Lipinski definition) is 3. The molecule has 0 aromatic heterocycles. The van der Waals surface area contributed by atoms with Gasteiger partial charge in [-0.2, -0.15) is 0 Å². The fraction of sp³-hybridized carbons (Fsp3) is 0.0556. The van der Waals surface area contributed by atoms with Crippen LogP contribution in [0.4, 0.5) is 11.4 Å².